The van der Waals surface area contributed by atoms with E-state index < -0.39 is 10.0 Å². The number of anilines is 1. The SMILES string of the molecule is Cc1nc(CNS(=O)(=O)c2c(N)cc(Cl)cc2Cl)no1. The fraction of sp³-hybridized carbons (Fsp3) is 0.200. The topological polar surface area (TPSA) is 111 Å². The summed E-state index contributed by atoms with van der Waals surface area (Å²) in [4.78, 5) is 3.64. The van der Waals surface area contributed by atoms with E-state index in [0.717, 1.165) is 0 Å². The van der Waals surface area contributed by atoms with Crippen LogP contribution in [0.5, 0.6) is 0 Å². The van der Waals surface area contributed by atoms with Crippen LogP contribution in [0.25, 0.3) is 0 Å². The molecular weight excluding hydrogens is 327 g/mol. The monoisotopic (exact) mass is 336 g/mol. The fourth-order valence-corrected chi connectivity index (χ4v) is 3.47. The number of nitrogens with one attached hydrogen (secondary N) is 1. The molecule has 10 heteroatoms. The summed E-state index contributed by atoms with van der Waals surface area (Å²) >= 11 is 11.6. The molecule has 1 aromatic heterocycles. The zero-order valence-corrected chi connectivity index (χ0v) is 12.6. The van der Waals surface area contributed by atoms with E-state index >= 15 is 0 Å². The molecule has 0 aliphatic heterocycles. The number of halogens is 2. The van der Waals surface area contributed by atoms with Crippen molar-refractivity contribution in [1.82, 2.24) is 14.9 Å². The predicted octanol–water partition coefficient (Wildman–Crippen LogP) is 1.75. The molecule has 0 radical (unpaired) electrons. The lowest BCUT2D eigenvalue weighted by molar-refractivity contribution is 0.387. The first-order valence-corrected chi connectivity index (χ1v) is 7.57. The second-order valence-electron chi connectivity index (χ2n) is 3.86. The highest BCUT2D eigenvalue weighted by atomic mass is 35.5. The average Bonchev–Trinajstić information content (AvgIpc) is 2.71. The number of hydrogen-bond acceptors (Lipinski definition) is 6. The molecule has 0 fully saturated rings. The first-order valence-electron chi connectivity index (χ1n) is 5.33. The van der Waals surface area contributed by atoms with Gasteiger partial charge in [0.15, 0.2) is 5.82 Å². The maximum atomic E-state index is 12.2. The Morgan fingerprint density at radius 3 is 2.65 bits per heavy atom. The molecule has 0 atom stereocenters. The number of rotatable bonds is 4. The van der Waals surface area contributed by atoms with E-state index in [1.165, 1.54) is 12.1 Å². The highest BCUT2D eigenvalue weighted by molar-refractivity contribution is 7.89. The van der Waals surface area contributed by atoms with Gasteiger partial charge in [0, 0.05) is 11.9 Å². The number of nitrogens with two attached hydrogens (primary N) is 1. The number of nitrogen functional groups attached to an aromatic ring is 1. The van der Waals surface area contributed by atoms with Crippen LogP contribution < -0.4 is 10.5 Å². The van der Waals surface area contributed by atoms with Crippen LogP contribution in [-0.2, 0) is 16.6 Å². The van der Waals surface area contributed by atoms with Crippen molar-refractivity contribution in [2.24, 2.45) is 0 Å². The van der Waals surface area contributed by atoms with Gasteiger partial charge in [-0.2, -0.15) is 4.98 Å². The maximum absolute atomic E-state index is 12.2. The van der Waals surface area contributed by atoms with Gasteiger partial charge < -0.3 is 10.3 Å². The minimum atomic E-state index is -3.91. The molecule has 0 saturated heterocycles. The summed E-state index contributed by atoms with van der Waals surface area (Å²) in [5.74, 6) is 0.540. The van der Waals surface area contributed by atoms with Gasteiger partial charge in [0.1, 0.15) is 4.90 Å². The maximum Gasteiger partial charge on any atom is 0.244 e. The van der Waals surface area contributed by atoms with Crippen LogP contribution >= 0.6 is 23.2 Å². The Kier molecular flexibility index (Phi) is 4.19. The number of nitrogens with zero attached hydrogens (tertiary/aromatic N) is 2. The Morgan fingerprint density at radius 1 is 1.40 bits per heavy atom. The van der Waals surface area contributed by atoms with Crippen molar-refractivity contribution in [2.75, 3.05) is 5.73 Å². The molecule has 3 N–H and O–H groups in total. The third-order valence-electron chi connectivity index (χ3n) is 2.30. The minimum absolute atomic E-state index is 0.0423. The Bertz CT molecular complexity index is 722. The summed E-state index contributed by atoms with van der Waals surface area (Å²) in [6.45, 7) is 1.46. The van der Waals surface area contributed by atoms with E-state index in [2.05, 4.69) is 14.9 Å². The van der Waals surface area contributed by atoms with Crippen molar-refractivity contribution in [3.8, 4) is 0 Å². The number of hydrogen-bond donors (Lipinski definition) is 2. The Balaban J connectivity index is 2.27. The van der Waals surface area contributed by atoms with Gasteiger partial charge >= 0.3 is 0 Å². The van der Waals surface area contributed by atoms with E-state index in [-0.39, 0.29) is 33.0 Å². The molecule has 0 aliphatic carbocycles. The van der Waals surface area contributed by atoms with Crippen LogP contribution in [0.3, 0.4) is 0 Å². The summed E-state index contributed by atoms with van der Waals surface area (Å²) in [5, 5.41) is 3.76. The van der Waals surface area contributed by atoms with Crippen molar-refractivity contribution in [3.05, 3.63) is 33.9 Å². The van der Waals surface area contributed by atoms with Gasteiger partial charge in [0.05, 0.1) is 17.3 Å². The lowest BCUT2D eigenvalue weighted by atomic mass is 10.3. The quantitative estimate of drug-likeness (QED) is 0.822. The average molecular weight is 337 g/mol. The number of sulfonamides is 1. The summed E-state index contributed by atoms with van der Waals surface area (Å²) in [6.07, 6.45) is 0. The molecule has 1 heterocycles. The zero-order chi connectivity index (χ0) is 14.9. The first-order chi connectivity index (χ1) is 9.29. The molecule has 0 amide bonds. The standard InChI is InChI=1S/C10H10Cl2N4O3S/c1-5-15-9(16-19-5)4-14-20(17,18)10-7(12)2-6(11)3-8(10)13/h2-3,14H,4,13H2,1H3. The largest absolute Gasteiger partial charge is 0.398 e. The smallest absolute Gasteiger partial charge is 0.244 e. The van der Waals surface area contributed by atoms with Gasteiger partial charge in [-0.1, -0.05) is 28.4 Å². The van der Waals surface area contributed by atoms with E-state index in [9.17, 15) is 8.42 Å². The third kappa shape index (κ3) is 3.21. The first kappa shape index (κ1) is 15.0. The van der Waals surface area contributed by atoms with E-state index in [4.69, 9.17) is 33.5 Å². The van der Waals surface area contributed by atoms with Crippen molar-refractivity contribution in [2.45, 2.75) is 18.4 Å². The molecule has 0 bridgehead atoms. The minimum Gasteiger partial charge on any atom is -0.398 e. The Morgan fingerprint density at radius 2 is 2.10 bits per heavy atom. The van der Waals surface area contributed by atoms with Crippen LogP contribution in [0.2, 0.25) is 10.0 Å². The van der Waals surface area contributed by atoms with Crippen molar-refractivity contribution in [3.63, 3.8) is 0 Å². The number of aromatic nitrogens is 2. The lowest BCUT2D eigenvalue weighted by Crippen LogP contribution is -2.25. The van der Waals surface area contributed by atoms with Gasteiger partial charge in [-0.3, -0.25) is 0 Å². The summed E-state index contributed by atoms with van der Waals surface area (Å²) < 4.78 is 31.3. The lowest BCUT2D eigenvalue weighted by Gasteiger charge is -2.10. The third-order valence-corrected chi connectivity index (χ3v) is 4.44. The second kappa shape index (κ2) is 5.57. The van der Waals surface area contributed by atoms with Crippen molar-refractivity contribution >= 4 is 38.9 Å². The molecule has 20 heavy (non-hydrogen) atoms. The van der Waals surface area contributed by atoms with Gasteiger partial charge in [0.2, 0.25) is 15.9 Å². The highest BCUT2D eigenvalue weighted by Crippen LogP contribution is 2.30. The molecule has 1 aromatic carbocycles. The normalized spacial score (nSPS) is 11.8. The molecule has 7 nitrogen and oxygen atoms in total. The van der Waals surface area contributed by atoms with Crippen LogP contribution in [0.15, 0.2) is 21.6 Å². The van der Waals surface area contributed by atoms with Gasteiger partial charge in [-0.15, -0.1) is 0 Å². The van der Waals surface area contributed by atoms with E-state index in [1.54, 1.807) is 6.92 Å². The van der Waals surface area contributed by atoms with Crippen LogP contribution in [0.4, 0.5) is 5.69 Å². The summed E-state index contributed by atoms with van der Waals surface area (Å²) in [6, 6.07) is 2.60. The summed E-state index contributed by atoms with van der Waals surface area (Å²) in [7, 11) is -3.91. The van der Waals surface area contributed by atoms with Crippen molar-refractivity contribution in [1.29, 1.82) is 0 Å². The number of aryl methyl sites for hydroxylation is 1. The molecule has 2 aromatic rings. The zero-order valence-electron chi connectivity index (χ0n) is 10.2. The van der Waals surface area contributed by atoms with Crippen molar-refractivity contribution < 1.29 is 12.9 Å². The Hall–Kier alpha value is -1.35. The van der Waals surface area contributed by atoms with Crippen LogP contribution in [-0.4, -0.2) is 18.6 Å². The van der Waals surface area contributed by atoms with Gasteiger partial charge in [-0.25, -0.2) is 13.1 Å². The number of benzene rings is 1. The second-order valence-corrected chi connectivity index (χ2v) is 6.41. The highest BCUT2D eigenvalue weighted by Gasteiger charge is 2.22. The van der Waals surface area contributed by atoms with E-state index in [1.807, 2.05) is 0 Å². The molecule has 0 saturated carbocycles. The van der Waals surface area contributed by atoms with E-state index in [0.29, 0.717) is 5.89 Å². The van der Waals surface area contributed by atoms with Gasteiger partial charge in [-0.05, 0) is 12.1 Å². The van der Waals surface area contributed by atoms with Crippen LogP contribution in [0, 0.1) is 6.92 Å². The fourth-order valence-electron chi connectivity index (χ4n) is 1.51. The molecule has 0 spiro atoms. The van der Waals surface area contributed by atoms with Gasteiger partial charge in [0.25, 0.3) is 0 Å². The molecular formula is C10H10Cl2N4O3S. The van der Waals surface area contributed by atoms with Crippen LogP contribution in [0.1, 0.15) is 11.7 Å². The molecule has 0 unspecified atom stereocenters. The predicted molar refractivity (Wildman–Crippen MR) is 73.9 cm³/mol. The Labute approximate surface area is 125 Å². The summed E-state index contributed by atoms with van der Waals surface area (Å²) in [5.41, 5.74) is 5.60. The molecule has 0 aliphatic rings. The molecule has 108 valence electrons. The molecule has 2 rings (SSSR count).